The van der Waals surface area contributed by atoms with Gasteiger partial charge in [-0.15, -0.1) is 0 Å². The van der Waals surface area contributed by atoms with E-state index in [2.05, 4.69) is 11.9 Å². The summed E-state index contributed by atoms with van der Waals surface area (Å²) in [5.41, 5.74) is 4.10. The number of hydrogen-bond donors (Lipinski definition) is 0. The first kappa shape index (κ1) is 18.3. The Kier molecular flexibility index (Phi) is 5.52. The van der Waals surface area contributed by atoms with Crippen LogP contribution in [0.3, 0.4) is 0 Å². The number of aryl methyl sites for hydroxylation is 2. The Morgan fingerprint density at radius 2 is 2.04 bits per heavy atom. The SMILES string of the molecule is CCCc1cc(C)c(Cc2cccc(Cl)c2F)cc1C(=O)n1ccnc1. The van der Waals surface area contributed by atoms with Crippen molar-refractivity contribution in [2.45, 2.75) is 33.1 Å². The van der Waals surface area contributed by atoms with Crippen molar-refractivity contribution in [3.8, 4) is 0 Å². The highest BCUT2D eigenvalue weighted by molar-refractivity contribution is 6.30. The second-order valence-electron chi connectivity index (χ2n) is 6.35. The van der Waals surface area contributed by atoms with E-state index in [1.807, 2.05) is 19.1 Å². The first-order chi connectivity index (χ1) is 12.5. The van der Waals surface area contributed by atoms with Crippen LogP contribution in [-0.2, 0) is 12.8 Å². The number of carbonyl (C=O) groups excluding carboxylic acids is 1. The molecule has 0 saturated heterocycles. The van der Waals surface area contributed by atoms with Crippen molar-refractivity contribution in [3.63, 3.8) is 0 Å². The molecule has 0 N–H and O–H groups in total. The molecule has 134 valence electrons. The van der Waals surface area contributed by atoms with Gasteiger partial charge in [-0.2, -0.15) is 0 Å². The number of carbonyl (C=O) groups is 1. The fourth-order valence-corrected chi connectivity index (χ4v) is 3.28. The Morgan fingerprint density at radius 1 is 1.23 bits per heavy atom. The van der Waals surface area contributed by atoms with Gasteiger partial charge in [-0.3, -0.25) is 9.36 Å². The molecule has 0 amide bonds. The summed E-state index contributed by atoms with van der Waals surface area (Å²) >= 11 is 5.90. The van der Waals surface area contributed by atoms with Crippen molar-refractivity contribution in [2.75, 3.05) is 0 Å². The molecular weight excluding hydrogens is 351 g/mol. The zero-order chi connectivity index (χ0) is 18.7. The first-order valence-electron chi connectivity index (χ1n) is 8.59. The van der Waals surface area contributed by atoms with Crippen LogP contribution in [-0.4, -0.2) is 15.5 Å². The molecule has 0 bridgehead atoms. The molecule has 1 aromatic heterocycles. The third kappa shape index (κ3) is 3.70. The number of rotatable bonds is 5. The summed E-state index contributed by atoms with van der Waals surface area (Å²) in [6, 6.07) is 8.90. The lowest BCUT2D eigenvalue weighted by molar-refractivity contribution is 0.0958. The quantitative estimate of drug-likeness (QED) is 0.617. The standard InChI is InChI=1S/C21H20ClFN2O/c1-3-5-15-10-14(2)17(11-16-6-4-7-19(22)20(16)23)12-18(15)21(26)25-9-8-24-13-25/h4,6-10,12-13H,3,5,11H2,1-2H3. The molecule has 0 aliphatic heterocycles. The van der Waals surface area contributed by atoms with Crippen LogP contribution >= 0.6 is 11.6 Å². The van der Waals surface area contributed by atoms with Gasteiger partial charge >= 0.3 is 0 Å². The van der Waals surface area contributed by atoms with E-state index in [9.17, 15) is 9.18 Å². The highest BCUT2D eigenvalue weighted by atomic mass is 35.5. The Labute approximate surface area is 157 Å². The van der Waals surface area contributed by atoms with E-state index in [0.29, 0.717) is 17.5 Å². The summed E-state index contributed by atoms with van der Waals surface area (Å²) in [6.45, 7) is 4.07. The average Bonchev–Trinajstić information content (AvgIpc) is 3.15. The van der Waals surface area contributed by atoms with Gasteiger partial charge in [-0.05, 0) is 47.7 Å². The molecular formula is C21H20ClFN2O. The van der Waals surface area contributed by atoms with Gasteiger partial charge in [-0.25, -0.2) is 9.37 Å². The molecule has 0 aliphatic carbocycles. The molecule has 2 aromatic carbocycles. The van der Waals surface area contributed by atoms with Gasteiger partial charge in [0.15, 0.2) is 0 Å². The lowest BCUT2D eigenvalue weighted by atomic mass is 9.92. The Balaban J connectivity index is 2.05. The first-order valence-corrected chi connectivity index (χ1v) is 8.97. The fraction of sp³-hybridized carbons (Fsp3) is 0.238. The number of imidazole rings is 1. The highest BCUT2D eigenvalue weighted by Gasteiger charge is 2.17. The highest BCUT2D eigenvalue weighted by Crippen LogP contribution is 2.25. The van der Waals surface area contributed by atoms with Crippen LogP contribution in [0.5, 0.6) is 0 Å². The molecule has 3 nitrogen and oxygen atoms in total. The topological polar surface area (TPSA) is 34.9 Å². The summed E-state index contributed by atoms with van der Waals surface area (Å²) in [4.78, 5) is 16.8. The maximum Gasteiger partial charge on any atom is 0.263 e. The number of nitrogens with zero attached hydrogens (tertiary/aromatic N) is 2. The van der Waals surface area contributed by atoms with E-state index in [4.69, 9.17) is 11.6 Å². The maximum atomic E-state index is 14.3. The molecule has 1 heterocycles. The number of benzene rings is 2. The minimum absolute atomic E-state index is 0.109. The smallest absolute Gasteiger partial charge is 0.263 e. The summed E-state index contributed by atoms with van der Waals surface area (Å²) < 4.78 is 15.8. The van der Waals surface area contributed by atoms with E-state index >= 15 is 0 Å². The third-order valence-corrected chi connectivity index (χ3v) is 4.75. The molecule has 3 rings (SSSR count). The van der Waals surface area contributed by atoms with Crippen LogP contribution in [0.4, 0.5) is 4.39 Å². The molecule has 0 aliphatic rings. The van der Waals surface area contributed by atoms with Crippen LogP contribution in [0.1, 0.15) is 46.0 Å². The molecule has 0 unspecified atom stereocenters. The minimum atomic E-state index is -0.409. The van der Waals surface area contributed by atoms with Gasteiger partial charge in [0.25, 0.3) is 5.91 Å². The third-order valence-electron chi connectivity index (χ3n) is 4.46. The molecule has 0 atom stereocenters. The van der Waals surface area contributed by atoms with Gasteiger partial charge in [0.05, 0.1) is 5.02 Å². The van der Waals surface area contributed by atoms with Crippen LogP contribution in [0, 0.1) is 12.7 Å². The number of halogens is 2. The second kappa shape index (κ2) is 7.83. The number of hydrogen-bond acceptors (Lipinski definition) is 2. The van der Waals surface area contributed by atoms with Gasteiger partial charge in [0, 0.05) is 24.4 Å². The maximum absolute atomic E-state index is 14.3. The summed E-state index contributed by atoms with van der Waals surface area (Å²) in [5, 5.41) is 0.109. The van der Waals surface area contributed by atoms with Crippen LogP contribution in [0.15, 0.2) is 49.1 Å². The normalized spacial score (nSPS) is 10.9. The van der Waals surface area contributed by atoms with Crippen molar-refractivity contribution in [1.29, 1.82) is 0 Å². The van der Waals surface area contributed by atoms with Crippen LogP contribution < -0.4 is 0 Å². The van der Waals surface area contributed by atoms with Gasteiger partial charge in [0.2, 0.25) is 0 Å². The largest absolute Gasteiger partial charge is 0.272 e. The van der Waals surface area contributed by atoms with Gasteiger partial charge in [0.1, 0.15) is 12.1 Å². The van der Waals surface area contributed by atoms with Crippen molar-refractivity contribution in [2.24, 2.45) is 0 Å². The van der Waals surface area contributed by atoms with E-state index in [1.54, 1.807) is 24.5 Å². The van der Waals surface area contributed by atoms with E-state index < -0.39 is 5.82 Å². The van der Waals surface area contributed by atoms with E-state index in [0.717, 1.165) is 29.5 Å². The van der Waals surface area contributed by atoms with E-state index in [1.165, 1.54) is 17.0 Å². The monoisotopic (exact) mass is 370 g/mol. The summed E-state index contributed by atoms with van der Waals surface area (Å²) in [7, 11) is 0. The molecule has 0 spiro atoms. The Bertz CT molecular complexity index is 935. The average molecular weight is 371 g/mol. The van der Waals surface area contributed by atoms with Crippen molar-refractivity contribution < 1.29 is 9.18 Å². The Morgan fingerprint density at radius 3 is 2.73 bits per heavy atom. The van der Waals surface area contributed by atoms with Crippen LogP contribution in [0.25, 0.3) is 0 Å². The lowest BCUT2D eigenvalue weighted by Crippen LogP contribution is -2.14. The zero-order valence-corrected chi connectivity index (χ0v) is 15.6. The van der Waals surface area contributed by atoms with Crippen molar-refractivity contribution in [1.82, 2.24) is 9.55 Å². The van der Waals surface area contributed by atoms with Crippen molar-refractivity contribution >= 4 is 17.5 Å². The molecule has 0 saturated carbocycles. The Hall–Kier alpha value is -2.46. The fourth-order valence-electron chi connectivity index (χ4n) is 3.09. The molecule has 3 aromatic rings. The molecule has 26 heavy (non-hydrogen) atoms. The molecule has 0 radical (unpaired) electrons. The number of aromatic nitrogens is 2. The van der Waals surface area contributed by atoms with Gasteiger partial charge in [-0.1, -0.05) is 43.1 Å². The second-order valence-corrected chi connectivity index (χ2v) is 6.76. The van der Waals surface area contributed by atoms with Gasteiger partial charge < -0.3 is 0 Å². The lowest BCUT2D eigenvalue weighted by Gasteiger charge is -2.15. The molecule has 0 fully saturated rings. The van der Waals surface area contributed by atoms with Crippen molar-refractivity contribution in [3.05, 3.63) is 87.7 Å². The minimum Gasteiger partial charge on any atom is -0.272 e. The predicted octanol–water partition coefficient (Wildman–Crippen LogP) is 5.22. The van der Waals surface area contributed by atoms with Crippen LogP contribution in [0.2, 0.25) is 5.02 Å². The zero-order valence-electron chi connectivity index (χ0n) is 14.8. The predicted molar refractivity (Wildman–Crippen MR) is 101 cm³/mol. The molecule has 5 heteroatoms. The summed E-state index contributed by atoms with van der Waals surface area (Å²) in [6.07, 6.45) is 6.83. The summed E-state index contributed by atoms with van der Waals surface area (Å²) in [5.74, 6) is -0.535. The van der Waals surface area contributed by atoms with E-state index in [-0.39, 0.29) is 10.9 Å².